The van der Waals surface area contributed by atoms with Gasteiger partial charge in [0.2, 0.25) is 0 Å². The van der Waals surface area contributed by atoms with Crippen molar-refractivity contribution in [3.05, 3.63) is 18.3 Å². The van der Waals surface area contributed by atoms with Crippen LogP contribution in [0, 0.1) is 0 Å². The number of hydrogen-bond donors (Lipinski definition) is 4. The zero-order chi connectivity index (χ0) is 11.1. The summed E-state index contributed by atoms with van der Waals surface area (Å²) >= 11 is 0. The molecule has 5 heteroatoms. The van der Waals surface area contributed by atoms with Crippen molar-refractivity contribution in [1.29, 1.82) is 0 Å². The van der Waals surface area contributed by atoms with E-state index in [-0.39, 0.29) is 6.10 Å². The number of hydrogen-bond acceptors (Lipinski definition) is 5. The van der Waals surface area contributed by atoms with E-state index in [1.54, 1.807) is 12.3 Å². The number of anilines is 2. The van der Waals surface area contributed by atoms with Crippen LogP contribution < -0.4 is 16.6 Å². The van der Waals surface area contributed by atoms with Gasteiger partial charge in [-0.1, -0.05) is 13.3 Å². The lowest BCUT2D eigenvalue weighted by molar-refractivity contribution is 0.176. The summed E-state index contributed by atoms with van der Waals surface area (Å²) in [5, 5.41) is 12.6. The van der Waals surface area contributed by atoms with Crippen LogP contribution in [0.5, 0.6) is 0 Å². The van der Waals surface area contributed by atoms with Crippen LogP contribution in [0.15, 0.2) is 18.3 Å². The van der Waals surface area contributed by atoms with Crippen molar-refractivity contribution >= 4 is 11.5 Å². The largest absolute Gasteiger partial charge is 0.391 e. The van der Waals surface area contributed by atoms with Crippen molar-refractivity contribution < 1.29 is 5.11 Å². The molecule has 0 radical (unpaired) electrons. The van der Waals surface area contributed by atoms with Gasteiger partial charge >= 0.3 is 0 Å². The molecule has 0 saturated heterocycles. The molecule has 0 fully saturated rings. The normalized spacial score (nSPS) is 12.2. The SMILES string of the molecule is CCCC(O)CNc1ccnc(NN)c1. The molecule has 0 aliphatic heterocycles. The third-order valence-corrected chi connectivity index (χ3v) is 2.07. The Morgan fingerprint density at radius 1 is 1.60 bits per heavy atom. The van der Waals surface area contributed by atoms with Crippen molar-refractivity contribution in [3.8, 4) is 0 Å². The second kappa shape index (κ2) is 6.21. The maximum absolute atomic E-state index is 9.52. The highest BCUT2D eigenvalue weighted by molar-refractivity contribution is 5.51. The summed E-state index contributed by atoms with van der Waals surface area (Å²) < 4.78 is 0. The van der Waals surface area contributed by atoms with Gasteiger partial charge in [-0.25, -0.2) is 10.8 Å². The molecule has 0 aromatic carbocycles. The van der Waals surface area contributed by atoms with Gasteiger partial charge in [0.1, 0.15) is 5.82 Å². The van der Waals surface area contributed by atoms with Crippen molar-refractivity contribution in [2.24, 2.45) is 5.84 Å². The van der Waals surface area contributed by atoms with Crippen LogP contribution in [0.3, 0.4) is 0 Å². The Morgan fingerprint density at radius 2 is 2.40 bits per heavy atom. The Morgan fingerprint density at radius 3 is 3.07 bits per heavy atom. The maximum atomic E-state index is 9.52. The molecule has 0 aliphatic rings. The van der Waals surface area contributed by atoms with E-state index in [2.05, 4.69) is 15.7 Å². The second-order valence-corrected chi connectivity index (χ2v) is 3.40. The first-order valence-electron chi connectivity index (χ1n) is 5.11. The minimum absolute atomic E-state index is 0.308. The number of pyridine rings is 1. The molecule has 1 rings (SSSR count). The van der Waals surface area contributed by atoms with Gasteiger partial charge in [-0.15, -0.1) is 0 Å². The van der Waals surface area contributed by atoms with Gasteiger partial charge in [-0.2, -0.15) is 0 Å². The summed E-state index contributed by atoms with van der Waals surface area (Å²) in [7, 11) is 0. The molecule has 0 aliphatic carbocycles. The van der Waals surface area contributed by atoms with E-state index in [4.69, 9.17) is 5.84 Å². The molecule has 5 N–H and O–H groups in total. The lowest BCUT2D eigenvalue weighted by atomic mass is 10.2. The molecule has 84 valence electrons. The van der Waals surface area contributed by atoms with Gasteiger partial charge < -0.3 is 15.8 Å². The third kappa shape index (κ3) is 4.14. The number of nitrogens with two attached hydrogens (primary N) is 1. The fourth-order valence-electron chi connectivity index (χ4n) is 1.29. The first-order chi connectivity index (χ1) is 7.26. The van der Waals surface area contributed by atoms with Gasteiger partial charge in [0.05, 0.1) is 6.10 Å². The highest BCUT2D eigenvalue weighted by Crippen LogP contribution is 2.11. The van der Waals surface area contributed by atoms with Crippen LogP contribution in [-0.2, 0) is 0 Å². The average Bonchev–Trinajstić information content (AvgIpc) is 2.27. The molecule has 15 heavy (non-hydrogen) atoms. The van der Waals surface area contributed by atoms with Gasteiger partial charge in [-0.05, 0) is 12.5 Å². The van der Waals surface area contributed by atoms with Crippen molar-refractivity contribution in [3.63, 3.8) is 0 Å². The maximum Gasteiger partial charge on any atom is 0.141 e. The van der Waals surface area contributed by atoms with Crippen LogP contribution in [0.4, 0.5) is 11.5 Å². The quantitative estimate of drug-likeness (QED) is 0.415. The Labute approximate surface area is 89.7 Å². The van der Waals surface area contributed by atoms with E-state index in [1.165, 1.54) is 0 Å². The molecule has 0 spiro atoms. The van der Waals surface area contributed by atoms with Gasteiger partial charge in [-0.3, -0.25) is 0 Å². The lowest BCUT2D eigenvalue weighted by Gasteiger charge is -2.12. The molecule has 1 aromatic heterocycles. The molecule has 1 aromatic rings. The Balaban J connectivity index is 2.43. The van der Waals surface area contributed by atoms with Gasteiger partial charge in [0.25, 0.3) is 0 Å². The zero-order valence-electron chi connectivity index (χ0n) is 8.90. The van der Waals surface area contributed by atoms with Crippen LogP contribution in [0.25, 0.3) is 0 Å². The summed E-state index contributed by atoms with van der Waals surface area (Å²) in [6, 6.07) is 3.62. The van der Waals surface area contributed by atoms with E-state index in [9.17, 15) is 5.11 Å². The first-order valence-corrected chi connectivity index (χ1v) is 5.11. The standard InChI is InChI=1S/C10H18N4O/c1-2-3-9(15)7-13-8-4-5-12-10(6-8)14-11/h4-6,9,15H,2-3,7,11H2,1H3,(H2,12,13,14). The fraction of sp³-hybridized carbons (Fsp3) is 0.500. The minimum Gasteiger partial charge on any atom is -0.391 e. The number of aliphatic hydroxyl groups excluding tert-OH is 1. The smallest absolute Gasteiger partial charge is 0.141 e. The molecule has 5 nitrogen and oxygen atoms in total. The van der Waals surface area contributed by atoms with Crippen LogP contribution in [0.1, 0.15) is 19.8 Å². The van der Waals surface area contributed by atoms with Crippen molar-refractivity contribution in [1.82, 2.24) is 4.98 Å². The minimum atomic E-state index is -0.308. The summed E-state index contributed by atoms with van der Waals surface area (Å²) in [5.41, 5.74) is 3.36. The van der Waals surface area contributed by atoms with Gasteiger partial charge in [0, 0.05) is 24.5 Å². The predicted molar refractivity (Wildman–Crippen MR) is 61.5 cm³/mol. The summed E-state index contributed by atoms with van der Waals surface area (Å²) in [4.78, 5) is 3.98. The number of rotatable bonds is 6. The molecule has 0 bridgehead atoms. The van der Waals surface area contributed by atoms with Crippen LogP contribution >= 0.6 is 0 Å². The van der Waals surface area contributed by atoms with E-state index >= 15 is 0 Å². The number of aliphatic hydroxyl groups is 1. The van der Waals surface area contributed by atoms with Crippen molar-refractivity contribution in [2.75, 3.05) is 17.3 Å². The summed E-state index contributed by atoms with van der Waals surface area (Å²) in [5.74, 6) is 5.83. The molecule has 0 amide bonds. The van der Waals surface area contributed by atoms with E-state index in [0.717, 1.165) is 18.5 Å². The zero-order valence-corrected chi connectivity index (χ0v) is 8.90. The Bertz CT molecular complexity index is 293. The topological polar surface area (TPSA) is 83.2 Å². The average molecular weight is 210 g/mol. The van der Waals surface area contributed by atoms with E-state index in [0.29, 0.717) is 12.4 Å². The summed E-state index contributed by atoms with van der Waals surface area (Å²) in [6.07, 6.45) is 3.14. The molecule has 1 heterocycles. The lowest BCUT2D eigenvalue weighted by Crippen LogP contribution is -2.19. The fourth-order valence-corrected chi connectivity index (χ4v) is 1.29. The third-order valence-electron chi connectivity index (χ3n) is 2.07. The monoisotopic (exact) mass is 210 g/mol. The Hall–Kier alpha value is -1.33. The van der Waals surface area contributed by atoms with Crippen LogP contribution in [0.2, 0.25) is 0 Å². The molecule has 1 atom stereocenters. The first kappa shape index (κ1) is 11.7. The highest BCUT2D eigenvalue weighted by Gasteiger charge is 2.02. The van der Waals surface area contributed by atoms with Crippen molar-refractivity contribution in [2.45, 2.75) is 25.9 Å². The van der Waals surface area contributed by atoms with Crippen LogP contribution in [-0.4, -0.2) is 22.7 Å². The molecular weight excluding hydrogens is 192 g/mol. The molecule has 1 unspecified atom stereocenters. The Kier molecular flexibility index (Phi) is 4.86. The number of aromatic nitrogens is 1. The second-order valence-electron chi connectivity index (χ2n) is 3.40. The predicted octanol–water partition coefficient (Wildman–Crippen LogP) is 0.940. The number of hydrazine groups is 1. The van der Waals surface area contributed by atoms with E-state index < -0.39 is 0 Å². The molecular formula is C10H18N4O. The van der Waals surface area contributed by atoms with Gasteiger partial charge in [0.15, 0.2) is 0 Å². The number of nitrogen functional groups attached to an aromatic ring is 1. The van der Waals surface area contributed by atoms with E-state index in [1.807, 2.05) is 13.0 Å². The highest BCUT2D eigenvalue weighted by atomic mass is 16.3. The number of nitrogens with zero attached hydrogens (tertiary/aromatic N) is 1. The summed E-state index contributed by atoms with van der Waals surface area (Å²) in [6.45, 7) is 2.59. The number of nitrogens with one attached hydrogen (secondary N) is 2. The molecule has 0 saturated carbocycles.